The van der Waals surface area contributed by atoms with E-state index in [4.69, 9.17) is 4.74 Å². The molecule has 0 spiro atoms. The van der Waals surface area contributed by atoms with Gasteiger partial charge < -0.3 is 9.64 Å². The van der Waals surface area contributed by atoms with Gasteiger partial charge in [0, 0.05) is 15.6 Å². The van der Waals surface area contributed by atoms with Crippen molar-refractivity contribution in [3.63, 3.8) is 0 Å². The summed E-state index contributed by atoms with van der Waals surface area (Å²) in [7, 11) is -3.28. The van der Waals surface area contributed by atoms with Crippen molar-refractivity contribution in [3.05, 3.63) is 70.6 Å². The Morgan fingerprint density at radius 3 is 2.40 bits per heavy atom. The van der Waals surface area contributed by atoms with E-state index in [1.165, 1.54) is 11.0 Å². The standard InChI is InChI=1S/C18H16BrNO4S/c19-14-6-8-15(9-7-14)20(16-10-11-25(22,23)13-16)18(21)12-24-17-4-2-1-3-5-17/h1-11,16H,12-13H2/t16-/m0/s1. The van der Waals surface area contributed by atoms with Crippen LogP contribution < -0.4 is 9.64 Å². The molecule has 2 aromatic rings. The Morgan fingerprint density at radius 1 is 1.12 bits per heavy atom. The Morgan fingerprint density at radius 2 is 1.80 bits per heavy atom. The Labute approximate surface area is 155 Å². The molecule has 1 atom stereocenters. The molecule has 0 bridgehead atoms. The molecule has 0 unspecified atom stereocenters. The number of nitrogens with zero attached hydrogens (tertiary/aromatic N) is 1. The molecule has 1 amide bonds. The van der Waals surface area contributed by atoms with Crippen LogP contribution in [-0.2, 0) is 14.6 Å². The van der Waals surface area contributed by atoms with Gasteiger partial charge in [-0.3, -0.25) is 4.79 Å². The molecule has 1 heterocycles. The maximum atomic E-state index is 12.8. The minimum Gasteiger partial charge on any atom is -0.484 e. The topological polar surface area (TPSA) is 63.7 Å². The Balaban J connectivity index is 1.82. The first kappa shape index (κ1) is 17.7. The summed E-state index contributed by atoms with van der Waals surface area (Å²) in [5, 5.41) is 1.16. The van der Waals surface area contributed by atoms with Gasteiger partial charge in [-0.25, -0.2) is 8.42 Å². The molecular weight excluding hydrogens is 406 g/mol. The average Bonchev–Trinajstić information content (AvgIpc) is 2.95. The number of amides is 1. The predicted molar refractivity (Wildman–Crippen MR) is 100 cm³/mol. The van der Waals surface area contributed by atoms with Gasteiger partial charge in [0.25, 0.3) is 5.91 Å². The highest BCUT2D eigenvalue weighted by molar-refractivity contribution is 9.10. The summed E-state index contributed by atoms with van der Waals surface area (Å²) in [6.07, 6.45) is 1.54. The summed E-state index contributed by atoms with van der Waals surface area (Å²) in [6.45, 7) is -0.176. The molecule has 0 fully saturated rings. The van der Waals surface area contributed by atoms with E-state index in [1.54, 1.807) is 36.4 Å². The van der Waals surface area contributed by atoms with Crippen molar-refractivity contribution in [2.45, 2.75) is 6.04 Å². The van der Waals surface area contributed by atoms with Gasteiger partial charge >= 0.3 is 0 Å². The van der Waals surface area contributed by atoms with Gasteiger partial charge in [0.05, 0.1) is 11.8 Å². The van der Waals surface area contributed by atoms with E-state index in [2.05, 4.69) is 15.9 Å². The molecule has 25 heavy (non-hydrogen) atoms. The maximum absolute atomic E-state index is 12.8. The van der Waals surface area contributed by atoms with Crippen LogP contribution in [0.3, 0.4) is 0 Å². The summed E-state index contributed by atoms with van der Waals surface area (Å²) in [4.78, 5) is 14.2. The largest absolute Gasteiger partial charge is 0.484 e. The lowest BCUT2D eigenvalue weighted by Crippen LogP contribution is -2.43. The van der Waals surface area contributed by atoms with Gasteiger partial charge in [-0.2, -0.15) is 0 Å². The number of carbonyl (C=O) groups is 1. The first-order valence-corrected chi connectivity index (χ1v) is 10.1. The number of carbonyl (C=O) groups excluding carboxylic acids is 1. The van der Waals surface area contributed by atoms with Crippen LogP contribution in [0.25, 0.3) is 0 Å². The maximum Gasteiger partial charge on any atom is 0.265 e. The van der Waals surface area contributed by atoms with Crippen LogP contribution in [0.5, 0.6) is 5.75 Å². The van der Waals surface area contributed by atoms with Crippen molar-refractivity contribution in [1.82, 2.24) is 0 Å². The van der Waals surface area contributed by atoms with E-state index in [-0.39, 0.29) is 18.3 Å². The van der Waals surface area contributed by atoms with E-state index in [0.29, 0.717) is 11.4 Å². The number of hydrogen-bond acceptors (Lipinski definition) is 4. The minimum absolute atomic E-state index is 0.125. The van der Waals surface area contributed by atoms with Gasteiger partial charge in [0.1, 0.15) is 5.75 Å². The fourth-order valence-electron chi connectivity index (χ4n) is 2.57. The number of halogens is 1. The summed E-state index contributed by atoms with van der Waals surface area (Å²) >= 11 is 3.36. The minimum atomic E-state index is -3.28. The van der Waals surface area contributed by atoms with E-state index in [0.717, 1.165) is 9.88 Å². The third-order valence-corrected chi connectivity index (χ3v) is 5.63. The molecule has 5 nitrogen and oxygen atoms in total. The van der Waals surface area contributed by atoms with Gasteiger partial charge in [0.2, 0.25) is 0 Å². The monoisotopic (exact) mass is 421 g/mol. The Kier molecular flexibility index (Phi) is 5.24. The fourth-order valence-corrected chi connectivity index (χ4v) is 4.11. The highest BCUT2D eigenvalue weighted by Crippen LogP contribution is 2.25. The summed E-state index contributed by atoms with van der Waals surface area (Å²) in [5.41, 5.74) is 0.622. The number of anilines is 1. The second kappa shape index (κ2) is 7.41. The van der Waals surface area contributed by atoms with Gasteiger partial charge in [-0.1, -0.05) is 34.1 Å². The van der Waals surface area contributed by atoms with Crippen LogP contribution in [0.2, 0.25) is 0 Å². The normalized spacial score (nSPS) is 18.0. The van der Waals surface area contributed by atoms with Crippen LogP contribution >= 0.6 is 15.9 Å². The van der Waals surface area contributed by atoms with Crippen LogP contribution in [0, 0.1) is 0 Å². The first-order chi connectivity index (χ1) is 11.9. The van der Waals surface area contributed by atoms with Gasteiger partial charge in [-0.05, 0) is 42.5 Å². The van der Waals surface area contributed by atoms with Crippen LogP contribution in [0.15, 0.2) is 70.6 Å². The molecule has 3 rings (SSSR count). The molecular formula is C18H16BrNO4S. The lowest BCUT2D eigenvalue weighted by atomic mass is 10.2. The Bertz CT molecular complexity index is 879. The van der Waals surface area contributed by atoms with Crippen molar-refractivity contribution < 1.29 is 17.9 Å². The van der Waals surface area contributed by atoms with Crippen molar-refractivity contribution in [3.8, 4) is 5.75 Å². The smallest absolute Gasteiger partial charge is 0.265 e. The van der Waals surface area contributed by atoms with Crippen LogP contribution in [0.1, 0.15) is 0 Å². The highest BCUT2D eigenvalue weighted by Gasteiger charge is 2.31. The fraction of sp³-hybridized carbons (Fsp3) is 0.167. The molecule has 0 saturated heterocycles. The lowest BCUT2D eigenvalue weighted by Gasteiger charge is -2.27. The highest BCUT2D eigenvalue weighted by atomic mass is 79.9. The molecule has 0 radical (unpaired) electrons. The van der Waals surface area contributed by atoms with Gasteiger partial charge in [-0.15, -0.1) is 0 Å². The number of para-hydroxylation sites is 1. The first-order valence-electron chi connectivity index (χ1n) is 7.61. The number of ether oxygens (including phenoxy) is 1. The molecule has 1 aliphatic heterocycles. The zero-order valence-electron chi connectivity index (χ0n) is 13.2. The number of benzene rings is 2. The average molecular weight is 422 g/mol. The Hall–Kier alpha value is -2.12. The summed E-state index contributed by atoms with van der Waals surface area (Å²) in [6, 6.07) is 15.6. The van der Waals surface area contributed by atoms with Crippen LogP contribution in [-0.4, -0.2) is 32.7 Å². The SMILES string of the molecule is O=C(COc1ccccc1)N(c1ccc(Br)cc1)[C@H]1C=CS(=O)(=O)C1. The molecule has 2 aromatic carbocycles. The second-order valence-corrected chi connectivity index (χ2v) is 8.41. The third kappa shape index (κ3) is 4.49. The van der Waals surface area contributed by atoms with E-state index in [1.807, 2.05) is 18.2 Å². The van der Waals surface area contributed by atoms with Gasteiger partial charge in [0.15, 0.2) is 16.4 Å². The van der Waals surface area contributed by atoms with Crippen LogP contribution in [0.4, 0.5) is 5.69 Å². The zero-order chi connectivity index (χ0) is 17.9. The van der Waals surface area contributed by atoms with Crippen molar-refractivity contribution in [2.24, 2.45) is 0 Å². The van der Waals surface area contributed by atoms with Crippen molar-refractivity contribution in [2.75, 3.05) is 17.3 Å². The quantitative estimate of drug-likeness (QED) is 0.743. The molecule has 0 N–H and O–H groups in total. The molecule has 0 saturated carbocycles. The van der Waals surface area contributed by atoms with Crippen molar-refractivity contribution >= 4 is 37.4 Å². The van der Waals surface area contributed by atoms with E-state index in [9.17, 15) is 13.2 Å². The van der Waals surface area contributed by atoms with E-state index < -0.39 is 15.9 Å². The molecule has 130 valence electrons. The summed E-state index contributed by atoms with van der Waals surface area (Å²) in [5.74, 6) is 0.152. The van der Waals surface area contributed by atoms with E-state index >= 15 is 0 Å². The molecule has 7 heteroatoms. The molecule has 0 aliphatic carbocycles. The zero-order valence-corrected chi connectivity index (χ0v) is 15.6. The summed E-state index contributed by atoms with van der Waals surface area (Å²) < 4.78 is 29.9. The molecule has 0 aromatic heterocycles. The number of sulfone groups is 1. The molecule has 1 aliphatic rings. The second-order valence-electron chi connectivity index (χ2n) is 5.57. The van der Waals surface area contributed by atoms with Crippen molar-refractivity contribution in [1.29, 1.82) is 0 Å². The third-order valence-electron chi connectivity index (χ3n) is 3.72. The lowest BCUT2D eigenvalue weighted by molar-refractivity contribution is -0.120. The predicted octanol–water partition coefficient (Wildman–Crippen LogP) is 3.17. The number of rotatable bonds is 5. The number of hydrogen-bond donors (Lipinski definition) is 0.